The summed E-state index contributed by atoms with van der Waals surface area (Å²) in [5.41, 5.74) is 2.91. The summed E-state index contributed by atoms with van der Waals surface area (Å²) in [6.07, 6.45) is -0.144. The monoisotopic (exact) mass is 321 g/mol. The largest absolute Gasteiger partial charge is 0.387 e. The van der Waals surface area contributed by atoms with E-state index in [1.165, 1.54) is 4.68 Å². The Morgan fingerprint density at radius 2 is 2.05 bits per heavy atom. The van der Waals surface area contributed by atoms with Gasteiger partial charge in [0.15, 0.2) is 0 Å². The Kier molecular flexibility index (Phi) is 5.21. The molecule has 0 aliphatic rings. The van der Waals surface area contributed by atoms with Gasteiger partial charge in [-0.1, -0.05) is 48.4 Å². The number of aliphatic hydroxyl groups is 1. The number of rotatable bonds is 5. The van der Waals surface area contributed by atoms with Crippen LogP contribution in [-0.4, -0.2) is 27.3 Å². The number of carbonyl (C=O) groups is 1. The van der Waals surface area contributed by atoms with E-state index in [2.05, 4.69) is 10.4 Å². The average molecular weight is 322 g/mol. The van der Waals surface area contributed by atoms with Crippen LogP contribution in [0.15, 0.2) is 24.3 Å². The second kappa shape index (κ2) is 6.94. The zero-order valence-electron chi connectivity index (χ0n) is 12.9. The molecule has 1 atom stereocenters. The summed E-state index contributed by atoms with van der Waals surface area (Å²) in [6, 6.07) is 7.54. The summed E-state index contributed by atoms with van der Waals surface area (Å²) < 4.78 is 1.48. The summed E-state index contributed by atoms with van der Waals surface area (Å²) in [6.45, 7) is 4.02. The highest BCUT2D eigenvalue weighted by molar-refractivity contribution is 6.33. The summed E-state index contributed by atoms with van der Waals surface area (Å²) in [7, 11) is 1.69. The van der Waals surface area contributed by atoms with E-state index in [0.717, 1.165) is 11.1 Å². The van der Waals surface area contributed by atoms with Gasteiger partial charge in [-0.3, -0.25) is 9.48 Å². The highest BCUT2D eigenvalue weighted by Gasteiger charge is 2.21. The highest BCUT2D eigenvalue weighted by Crippen LogP contribution is 2.20. The van der Waals surface area contributed by atoms with Crippen LogP contribution in [0.2, 0.25) is 5.15 Å². The topological polar surface area (TPSA) is 67.2 Å². The molecule has 22 heavy (non-hydrogen) atoms. The maximum Gasteiger partial charge on any atom is 0.256 e. The summed E-state index contributed by atoms with van der Waals surface area (Å²) in [4.78, 5) is 12.3. The third kappa shape index (κ3) is 3.48. The van der Waals surface area contributed by atoms with Crippen molar-refractivity contribution in [3.8, 4) is 0 Å². The van der Waals surface area contributed by atoms with Crippen molar-refractivity contribution in [2.24, 2.45) is 7.05 Å². The fourth-order valence-corrected chi connectivity index (χ4v) is 2.44. The first-order valence-electron chi connectivity index (χ1n) is 7.18. The second-order valence-corrected chi connectivity index (χ2v) is 5.58. The van der Waals surface area contributed by atoms with E-state index in [1.807, 2.05) is 38.1 Å². The molecule has 0 saturated heterocycles. The van der Waals surface area contributed by atoms with Crippen molar-refractivity contribution in [3.05, 3.63) is 51.8 Å². The number of amides is 1. The molecule has 1 aromatic heterocycles. The fraction of sp³-hybridized carbons (Fsp3) is 0.375. The van der Waals surface area contributed by atoms with Crippen LogP contribution in [0.3, 0.4) is 0 Å². The van der Waals surface area contributed by atoms with Crippen molar-refractivity contribution in [1.82, 2.24) is 15.1 Å². The van der Waals surface area contributed by atoms with Crippen LogP contribution in [0.1, 0.15) is 40.2 Å². The lowest BCUT2D eigenvalue weighted by Gasteiger charge is -2.12. The predicted octanol–water partition coefficient (Wildman–Crippen LogP) is 2.41. The van der Waals surface area contributed by atoms with E-state index < -0.39 is 6.10 Å². The van der Waals surface area contributed by atoms with E-state index in [0.29, 0.717) is 22.8 Å². The molecule has 5 nitrogen and oxygen atoms in total. The molecule has 1 amide bonds. The molecular weight excluding hydrogens is 302 g/mol. The number of hydrogen-bond acceptors (Lipinski definition) is 3. The normalized spacial score (nSPS) is 12.2. The molecule has 0 bridgehead atoms. The number of carbonyl (C=O) groups excluding carboxylic acids is 1. The first kappa shape index (κ1) is 16.5. The van der Waals surface area contributed by atoms with Gasteiger partial charge in [0.05, 0.1) is 17.4 Å². The maximum atomic E-state index is 12.3. The zero-order valence-corrected chi connectivity index (χ0v) is 13.7. The predicted molar refractivity (Wildman–Crippen MR) is 86.1 cm³/mol. The van der Waals surface area contributed by atoms with Gasteiger partial charge in [-0.05, 0) is 18.9 Å². The Bertz CT molecular complexity index is 665. The molecular formula is C16H20ClN3O2. The van der Waals surface area contributed by atoms with Crippen LogP contribution in [0.4, 0.5) is 0 Å². The number of nitrogens with zero attached hydrogens (tertiary/aromatic N) is 2. The van der Waals surface area contributed by atoms with Crippen LogP contribution in [-0.2, 0) is 13.5 Å². The quantitative estimate of drug-likeness (QED) is 0.888. The third-order valence-electron chi connectivity index (χ3n) is 3.53. The number of halogens is 1. The molecule has 2 N–H and O–H groups in total. The van der Waals surface area contributed by atoms with Crippen molar-refractivity contribution in [2.45, 2.75) is 26.4 Å². The molecule has 0 fully saturated rings. The molecule has 118 valence electrons. The van der Waals surface area contributed by atoms with Gasteiger partial charge in [-0.25, -0.2) is 0 Å². The van der Waals surface area contributed by atoms with Crippen LogP contribution in [0.25, 0.3) is 0 Å². The molecule has 0 aliphatic heterocycles. The molecule has 1 aromatic carbocycles. The highest BCUT2D eigenvalue weighted by atomic mass is 35.5. The van der Waals surface area contributed by atoms with Crippen molar-refractivity contribution in [1.29, 1.82) is 0 Å². The van der Waals surface area contributed by atoms with Crippen molar-refractivity contribution >= 4 is 17.5 Å². The Morgan fingerprint density at radius 1 is 1.41 bits per heavy atom. The van der Waals surface area contributed by atoms with Gasteiger partial charge < -0.3 is 10.4 Å². The molecule has 0 saturated carbocycles. The van der Waals surface area contributed by atoms with Gasteiger partial charge in [0.2, 0.25) is 0 Å². The lowest BCUT2D eigenvalue weighted by molar-refractivity contribution is 0.0915. The smallest absolute Gasteiger partial charge is 0.256 e. The molecule has 6 heteroatoms. The maximum absolute atomic E-state index is 12.3. The number of benzene rings is 1. The third-order valence-corrected chi connectivity index (χ3v) is 3.96. The number of aryl methyl sites for hydroxylation is 3. The lowest BCUT2D eigenvalue weighted by atomic mass is 10.1. The second-order valence-electron chi connectivity index (χ2n) is 5.23. The Morgan fingerprint density at radius 3 is 2.64 bits per heavy atom. The molecule has 1 unspecified atom stereocenters. The Hall–Kier alpha value is -1.85. The van der Waals surface area contributed by atoms with E-state index in [-0.39, 0.29) is 12.5 Å². The van der Waals surface area contributed by atoms with E-state index >= 15 is 0 Å². The first-order valence-corrected chi connectivity index (χ1v) is 7.56. The number of aliphatic hydroxyl groups excluding tert-OH is 1. The Labute approximate surface area is 134 Å². The average Bonchev–Trinajstić information content (AvgIpc) is 2.80. The number of nitrogens with one attached hydrogen (secondary N) is 1. The van der Waals surface area contributed by atoms with Crippen LogP contribution in [0.5, 0.6) is 0 Å². The SMILES string of the molecule is CCc1nn(C)c(Cl)c1C(=O)NCC(O)c1ccc(C)cc1. The molecule has 0 radical (unpaired) electrons. The molecule has 2 rings (SSSR count). The minimum atomic E-state index is -0.759. The van der Waals surface area contributed by atoms with E-state index in [4.69, 9.17) is 11.6 Å². The first-order chi connectivity index (χ1) is 10.4. The summed E-state index contributed by atoms with van der Waals surface area (Å²) in [5, 5.41) is 17.4. The molecule has 0 spiro atoms. The van der Waals surface area contributed by atoms with Crippen molar-refractivity contribution < 1.29 is 9.90 Å². The lowest BCUT2D eigenvalue weighted by Crippen LogP contribution is -2.29. The van der Waals surface area contributed by atoms with Crippen LogP contribution in [0, 0.1) is 6.92 Å². The minimum Gasteiger partial charge on any atom is -0.387 e. The standard InChI is InChI=1S/C16H20ClN3O2/c1-4-12-14(15(17)20(3)19-12)16(22)18-9-13(21)11-7-5-10(2)6-8-11/h5-8,13,21H,4,9H2,1-3H3,(H,18,22). The summed E-state index contributed by atoms with van der Waals surface area (Å²) >= 11 is 6.11. The Balaban J connectivity index is 2.05. The van der Waals surface area contributed by atoms with Crippen molar-refractivity contribution in [3.63, 3.8) is 0 Å². The minimum absolute atomic E-state index is 0.121. The van der Waals surface area contributed by atoms with Gasteiger partial charge >= 0.3 is 0 Å². The molecule has 0 aliphatic carbocycles. The van der Waals surface area contributed by atoms with Gasteiger partial charge in [0.25, 0.3) is 5.91 Å². The van der Waals surface area contributed by atoms with E-state index in [9.17, 15) is 9.90 Å². The van der Waals surface area contributed by atoms with Gasteiger partial charge in [-0.15, -0.1) is 0 Å². The van der Waals surface area contributed by atoms with Crippen molar-refractivity contribution in [2.75, 3.05) is 6.54 Å². The van der Waals surface area contributed by atoms with E-state index in [1.54, 1.807) is 7.05 Å². The van der Waals surface area contributed by atoms with Crippen LogP contribution < -0.4 is 5.32 Å². The zero-order chi connectivity index (χ0) is 16.3. The van der Waals surface area contributed by atoms with Crippen LogP contribution >= 0.6 is 11.6 Å². The molecule has 2 aromatic rings. The number of aromatic nitrogens is 2. The van der Waals surface area contributed by atoms with Gasteiger partial charge in [0, 0.05) is 13.6 Å². The van der Waals surface area contributed by atoms with Gasteiger partial charge in [0.1, 0.15) is 5.15 Å². The van der Waals surface area contributed by atoms with Gasteiger partial charge in [-0.2, -0.15) is 5.10 Å². The molecule has 1 heterocycles. The number of hydrogen-bond donors (Lipinski definition) is 2. The fourth-order valence-electron chi connectivity index (χ4n) is 2.21. The summed E-state index contributed by atoms with van der Waals surface area (Å²) in [5.74, 6) is -0.318.